The average Bonchev–Trinajstić information content (AvgIpc) is 2.28. The first-order valence-electron chi connectivity index (χ1n) is 5.74. The Morgan fingerprint density at radius 2 is 2.00 bits per heavy atom. The molecule has 0 radical (unpaired) electrons. The van der Waals surface area contributed by atoms with Crippen LogP contribution in [0, 0.1) is 0 Å². The van der Waals surface area contributed by atoms with Crippen molar-refractivity contribution in [2.24, 2.45) is 0 Å². The van der Waals surface area contributed by atoms with Gasteiger partial charge in [-0.25, -0.2) is 0 Å². The maximum absolute atomic E-state index is 11.3. The van der Waals surface area contributed by atoms with Gasteiger partial charge in [0.25, 0.3) is 0 Å². The Labute approximate surface area is 100.0 Å². The molecule has 4 heteroatoms. The molecule has 2 rings (SSSR count). The van der Waals surface area contributed by atoms with Gasteiger partial charge in [0.2, 0.25) is 11.8 Å². The highest BCUT2D eigenvalue weighted by Crippen LogP contribution is 2.28. The maximum atomic E-state index is 11.3. The second kappa shape index (κ2) is 4.99. The van der Waals surface area contributed by atoms with Crippen molar-refractivity contribution in [3.8, 4) is 5.75 Å². The minimum atomic E-state index is -0.201. The van der Waals surface area contributed by atoms with E-state index in [1.165, 1.54) is 0 Å². The number of carbonyl (C=O) groups is 2. The largest absolute Gasteiger partial charge is 0.494 e. The van der Waals surface area contributed by atoms with Crippen LogP contribution in [-0.4, -0.2) is 18.4 Å². The van der Waals surface area contributed by atoms with E-state index in [-0.39, 0.29) is 17.7 Å². The van der Waals surface area contributed by atoms with Crippen LogP contribution in [-0.2, 0) is 9.59 Å². The lowest BCUT2D eigenvalue weighted by Crippen LogP contribution is -2.37. The second-order valence-corrected chi connectivity index (χ2v) is 4.08. The molecule has 0 atom stereocenters. The summed E-state index contributed by atoms with van der Waals surface area (Å²) in [6, 6.07) is 7.59. The van der Waals surface area contributed by atoms with Crippen molar-refractivity contribution in [2.45, 2.75) is 25.7 Å². The van der Waals surface area contributed by atoms with Gasteiger partial charge >= 0.3 is 0 Å². The molecule has 1 aliphatic heterocycles. The van der Waals surface area contributed by atoms with E-state index in [0.29, 0.717) is 19.4 Å². The predicted molar refractivity (Wildman–Crippen MR) is 62.7 cm³/mol. The van der Waals surface area contributed by atoms with Crippen molar-refractivity contribution in [1.29, 1.82) is 0 Å². The van der Waals surface area contributed by atoms with Crippen molar-refractivity contribution in [1.82, 2.24) is 5.32 Å². The van der Waals surface area contributed by atoms with E-state index in [1.807, 2.05) is 31.2 Å². The first kappa shape index (κ1) is 11.6. The number of imide groups is 1. The third-order valence-corrected chi connectivity index (χ3v) is 2.78. The Morgan fingerprint density at radius 3 is 2.65 bits per heavy atom. The van der Waals surface area contributed by atoms with Crippen LogP contribution in [0.4, 0.5) is 0 Å². The molecule has 4 nitrogen and oxygen atoms in total. The molecule has 1 N–H and O–H groups in total. The highest BCUT2D eigenvalue weighted by Gasteiger charge is 2.26. The van der Waals surface area contributed by atoms with E-state index in [1.54, 1.807) is 0 Å². The van der Waals surface area contributed by atoms with Gasteiger partial charge in [0.15, 0.2) is 0 Å². The molecule has 1 aromatic carbocycles. The minimum Gasteiger partial charge on any atom is -0.494 e. The Bertz CT molecular complexity index is 426. The standard InChI is InChI=1S/C13H15NO3/c1-2-17-11-5-3-4-9(6-11)10-7-12(15)14-13(16)8-10/h3-6,10H,2,7-8H2,1H3,(H,14,15,16). The zero-order valence-electron chi connectivity index (χ0n) is 9.73. The number of ether oxygens (including phenoxy) is 1. The third kappa shape index (κ3) is 2.84. The third-order valence-electron chi connectivity index (χ3n) is 2.78. The molecule has 0 bridgehead atoms. The van der Waals surface area contributed by atoms with Crippen molar-refractivity contribution in [3.63, 3.8) is 0 Å². The smallest absolute Gasteiger partial charge is 0.227 e. The van der Waals surface area contributed by atoms with Gasteiger partial charge in [-0.15, -0.1) is 0 Å². The zero-order valence-corrected chi connectivity index (χ0v) is 9.73. The van der Waals surface area contributed by atoms with E-state index in [9.17, 15) is 9.59 Å². The van der Waals surface area contributed by atoms with Crippen LogP contribution in [0.25, 0.3) is 0 Å². The second-order valence-electron chi connectivity index (χ2n) is 4.08. The Balaban J connectivity index is 2.18. The summed E-state index contributed by atoms with van der Waals surface area (Å²) in [6.45, 7) is 2.53. The monoisotopic (exact) mass is 233 g/mol. The normalized spacial score (nSPS) is 16.8. The van der Waals surface area contributed by atoms with Gasteiger partial charge in [-0.3, -0.25) is 14.9 Å². The van der Waals surface area contributed by atoms with E-state index >= 15 is 0 Å². The molecule has 17 heavy (non-hydrogen) atoms. The number of hydrogen-bond donors (Lipinski definition) is 1. The molecule has 1 fully saturated rings. The summed E-state index contributed by atoms with van der Waals surface area (Å²) in [5.74, 6) is 0.348. The highest BCUT2D eigenvalue weighted by molar-refractivity contribution is 5.98. The van der Waals surface area contributed by atoms with Crippen LogP contribution in [0.2, 0.25) is 0 Å². The molecule has 1 aliphatic rings. The lowest BCUT2D eigenvalue weighted by atomic mass is 9.89. The van der Waals surface area contributed by atoms with Gasteiger partial charge in [0.1, 0.15) is 5.75 Å². The summed E-state index contributed by atoms with van der Waals surface area (Å²) in [5.41, 5.74) is 0.985. The van der Waals surface area contributed by atoms with Gasteiger partial charge < -0.3 is 4.74 Å². The van der Waals surface area contributed by atoms with E-state index in [0.717, 1.165) is 11.3 Å². The molecule has 0 spiro atoms. The van der Waals surface area contributed by atoms with Crippen LogP contribution in [0.5, 0.6) is 5.75 Å². The van der Waals surface area contributed by atoms with Crippen molar-refractivity contribution < 1.29 is 14.3 Å². The fourth-order valence-corrected chi connectivity index (χ4v) is 2.04. The number of carbonyl (C=O) groups excluding carboxylic acids is 2. The fourth-order valence-electron chi connectivity index (χ4n) is 2.04. The quantitative estimate of drug-likeness (QED) is 0.807. The molecule has 0 aromatic heterocycles. The number of rotatable bonds is 3. The summed E-state index contributed by atoms with van der Waals surface area (Å²) in [5, 5.41) is 2.31. The molecule has 1 heterocycles. The van der Waals surface area contributed by atoms with Gasteiger partial charge in [-0.05, 0) is 24.6 Å². The van der Waals surface area contributed by atoms with Gasteiger partial charge in [-0.2, -0.15) is 0 Å². The summed E-state index contributed by atoms with van der Waals surface area (Å²) < 4.78 is 5.41. The molecule has 0 aliphatic carbocycles. The van der Waals surface area contributed by atoms with E-state index in [4.69, 9.17) is 4.74 Å². The molecule has 1 saturated heterocycles. The highest BCUT2D eigenvalue weighted by atomic mass is 16.5. The summed E-state index contributed by atoms with van der Waals surface area (Å²) >= 11 is 0. The Morgan fingerprint density at radius 1 is 1.29 bits per heavy atom. The van der Waals surface area contributed by atoms with Crippen molar-refractivity contribution in [2.75, 3.05) is 6.61 Å². The summed E-state index contributed by atoms with van der Waals surface area (Å²) in [7, 11) is 0. The zero-order chi connectivity index (χ0) is 12.3. The average molecular weight is 233 g/mol. The Kier molecular flexibility index (Phi) is 3.42. The molecular weight excluding hydrogens is 218 g/mol. The molecule has 1 aromatic rings. The van der Waals surface area contributed by atoms with Crippen molar-refractivity contribution >= 4 is 11.8 Å². The number of amides is 2. The predicted octanol–water partition coefficient (Wildman–Crippen LogP) is 1.61. The maximum Gasteiger partial charge on any atom is 0.227 e. The fraction of sp³-hybridized carbons (Fsp3) is 0.385. The molecule has 0 saturated carbocycles. The summed E-state index contributed by atoms with van der Waals surface area (Å²) in [4.78, 5) is 22.6. The van der Waals surface area contributed by atoms with E-state index < -0.39 is 0 Å². The number of hydrogen-bond acceptors (Lipinski definition) is 3. The number of benzene rings is 1. The van der Waals surface area contributed by atoms with Gasteiger partial charge in [-0.1, -0.05) is 12.1 Å². The molecule has 2 amide bonds. The van der Waals surface area contributed by atoms with Crippen LogP contribution in [0.15, 0.2) is 24.3 Å². The minimum absolute atomic E-state index is 0.0309. The Hall–Kier alpha value is -1.84. The van der Waals surface area contributed by atoms with Crippen LogP contribution < -0.4 is 10.1 Å². The van der Waals surface area contributed by atoms with Gasteiger partial charge in [0, 0.05) is 18.8 Å². The van der Waals surface area contributed by atoms with Gasteiger partial charge in [0.05, 0.1) is 6.61 Å². The first-order valence-corrected chi connectivity index (χ1v) is 5.74. The topological polar surface area (TPSA) is 55.4 Å². The number of piperidine rings is 1. The van der Waals surface area contributed by atoms with Crippen LogP contribution in [0.1, 0.15) is 31.2 Å². The number of nitrogens with one attached hydrogen (secondary N) is 1. The molecule has 0 unspecified atom stereocenters. The SMILES string of the molecule is CCOc1cccc(C2CC(=O)NC(=O)C2)c1. The lowest BCUT2D eigenvalue weighted by molar-refractivity contribution is -0.133. The summed E-state index contributed by atoms with van der Waals surface area (Å²) in [6.07, 6.45) is 0.725. The van der Waals surface area contributed by atoms with Crippen LogP contribution in [0.3, 0.4) is 0 Å². The molecule has 90 valence electrons. The van der Waals surface area contributed by atoms with Crippen LogP contribution >= 0.6 is 0 Å². The van der Waals surface area contributed by atoms with Crippen molar-refractivity contribution in [3.05, 3.63) is 29.8 Å². The lowest BCUT2D eigenvalue weighted by Gasteiger charge is -2.21. The molecular formula is C13H15NO3. The first-order chi connectivity index (χ1) is 8.19. The van der Waals surface area contributed by atoms with E-state index in [2.05, 4.69) is 5.32 Å².